The van der Waals surface area contributed by atoms with Gasteiger partial charge < -0.3 is 19.2 Å². The Morgan fingerprint density at radius 1 is 1.36 bits per heavy atom. The highest BCUT2D eigenvalue weighted by Crippen LogP contribution is 2.11. The number of urea groups is 1. The van der Waals surface area contributed by atoms with Crippen LogP contribution in [0.5, 0.6) is 0 Å². The number of rotatable bonds is 7. The zero-order valence-electron chi connectivity index (χ0n) is 11.8. The molecule has 2 N–H and O–H groups in total. The number of methoxy groups -OCH3 is 1. The fraction of sp³-hybridized carbons (Fsp3) is 0.308. The van der Waals surface area contributed by atoms with Gasteiger partial charge in [-0.05, 0) is 40.8 Å². The summed E-state index contributed by atoms with van der Waals surface area (Å²) >= 11 is 1.99. The molecule has 0 bridgehead atoms. The van der Waals surface area contributed by atoms with Crippen LogP contribution in [0.3, 0.4) is 0 Å². The Bertz CT molecular complexity index is 554. The SMILES string of the molecule is COCCNC(=O)NC(=O)COC(=O)/C=C/c1ccc(I)o1. The number of nitrogens with one attached hydrogen (secondary N) is 2. The quantitative estimate of drug-likeness (QED) is 0.293. The van der Waals surface area contributed by atoms with E-state index < -0.39 is 24.5 Å². The second kappa shape index (κ2) is 9.95. The molecule has 1 rings (SSSR count). The Hall–Kier alpha value is -1.88. The van der Waals surface area contributed by atoms with Crippen LogP contribution >= 0.6 is 22.6 Å². The predicted molar refractivity (Wildman–Crippen MR) is 84.8 cm³/mol. The highest BCUT2D eigenvalue weighted by atomic mass is 127. The lowest BCUT2D eigenvalue weighted by Crippen LogP contribution is -2.42. The Labute approximate surface area is 140 Å². The minimum absolute atomic E-state index is 0.264. The molecule has 1 heterocycles. The molecule has 1 aromatic heterocycles. The number of amides is 3. The molecule has 0 spiro atoms. The highest BCUT2D eigenvalue weighted by molar-refractivity contribution is 14.1. The molecule has 0 radical (unpaired) electrons. The summed E-state index contributed by atoms with van der Waals surface area (Å²) in [5, 5.41) is 4.39. The first-order valence-electron chi connectivity index (χ1n) is 6.18. The molecule has 3 amide bonds. The summed E-state index contributed by atoms with van der Waals surface area (Å²) in [7, 11) is 1.49. The van der Waals surface area contributed by atoms with Crippen molar-refractivity contribution in [1.82, 2.24) is 10.6 Å². The average Bonchev–Trinajstić information content (AvgIpc) is 2.89. The van der Waals surface area contributed by atoms with Gasteiger partial charge in [0.2, 0.25) is 0 Å². The zero-order chi connectivity index (χ0) is 16.4. The molecule has 0 saturated carbocycles. The van der Waals surface area contributed by atoms with Gasteiger partial charge >= 0.3 is 12.0 Å². The number of carbonyl (C=O) groups is 3. The lowest BCUT2D eigenvalue weighted by Gasteiger charge is -2.06. The van der Waals surface area contributed by atoms with Crippen LogP contribution < -0.4 is 10.6 Å². The van der Waals surface area contributed by atoms with Crippen LogP contribution in [0.1, 0.15) is 5.76 Å². The summed E-state index contributed by atoms with van der Waals surface area (Å²) in [5.41, 5.74) is 0. The number of hydrogen-bond donors (Lipinski definition) is 2. The zero-order valence-corrected chi connectivity index (χ0v) is 13.9. The molecule has 8 nitrogen and oxygen atoms in total. The summed E-state index contributed by atoms with van der Waals surface area (Å²) in [4.78, 5) is 33.9. The maximum absolute atomic E-state index is 11.4. The summed E-state index contributed by atoms with van der Waals surface area (Å²) in [6.07, 6.45) is 2.54. The van der Waals surface area contributed by atoms with E-state index in [9.17, 15) is 14.4 Å². The highest BCUT2D eigenvalue weighted by Gasteiger charge is 2.09. The second-order valence-electron chi connectivity index (χ2n) is 3.88. The number of ether oxygens (including phenoxy) is 2. The average molecular weight is 422 g/mol. The molecule has 0 saturated heterocycles. The van der Waals surface area contributed by atoms with E-state index in [-0.39, 0.29) is 6.54 Å². The number of imide groups is 1. The van der Waals surface area contributed by atoms with E-state index in [4.69, 9.17) is 9.15 Å². The number of esters is 1. The fourth-order valence-electron chi connectivity index (χ4n) is 1.23. The van der Waals surface area contributed by atoms with Crippen molar-refractivity contribution in [3.8, 4) is 0 Å². The maximum atomic E-state index is 11.4. The first-order chi connectivity index (χ1) is 10.5. The molecule has 0 atom stereocenters. The summed E-state index contributed by atoms with van der Waals surface area (Å²) < 4.78 is 15.3. The third-order valence-electron chi connectivity index (χ3n) is 2.17. The third kappa shape index (κ3) is 7.78. The Balaban J connectivity index is 2.24. The molecule has 0 aliphatic rings. The monoisotopic (exact) mass is 422 g/mol. The van der Waals surface area contributed by atoms with Crippen LogP contribution in [0.15, 0.2) is 22.6 Å². The third-order valence-corrected chi connectivity index (χ3v) is 2.75. The Kier molecular flexibility index (Phi) is 8.22. The fourth-order valence-corrected chi connectivity index (χ4v) is 1.66. The molecule has 0 fully saturated rings. The Morgan fingerprint density at radius 3 is 2.77 bits per heavy atom. The van der Waals surface area contributed by atoms with E-state index >= 15 is 0 Å². The van der Waals surface area contributed by atoms with Gasteiger partial charge in [-0.25, -0.2) is 9.59 Å². The molecule has 0 aromatic carbocycles. The predicted octanol–water partition coefficient (Wildman–Crippen LogP) is 0.913. The number of furan rings is 1. The topological polar surface area (TPSA) is 107 Å². The van der Waals surface area contributed by atoms with Gasteiger partial charge in [0.15, 0.2) is 10.4 Å². The van der Waals surface area contributed by atoms with Gasteiger partial charge in [-0.15, -0.1) is 0 Å². The Morgan fingerprint density at radius 2 is 2.14 bits per heavy atom. The van der Waals surface area contributed by atoms with Crippen LogP contribution in [-0.4, -0.2) is 44.8 Å². The van der Waals surface area contributed by atoms with Crippen molar-refractivity contribution in [2.45, 2.75) is 0 Å². The van der Waals surface area contributed by atoms with E-state index in [0.717, 1.165) is 6.08 Å². The summed E-state index contributed by atoms with van der Waals surface area (Å²) in [6, 6.07) is 2.74. The molecule has 22 heavy (non-hydrogen) atoms. The van der Waals surface area contributed by atoms with E-state index in [1.165, 1.54) is 13.2 Å². The first-order valence-corrected chi connectivity index (χ1v) is 7.26. The van der Waals surface area contributed by atoms with Crippen molar-refractivity contribution in [2.24, 2.45) is 0 Å². The van der Waals surface area contributed by atoms with Crippen molar-refractivity contribution in [1.29, 1.82) is 0 Å². The first kappa shape index (κ1) is 18.2. The van der Waals surface area contributed by atoms with E-state index in [1.807, 2.05) is 27.9 Å². The lowest BCUT2D eigenvalue weighted by atomic mass is 10.4. The summed E-state index contributed by atoms with van der Waals surface area (Å²) in [5.74, 6) is -0.964. The van der Waals surface area contributed by atoms with Gasteiger partial charge in [0.25, 0.3) is 5.91 Å². The van der Waals surface area contributed by atoms with Crippen molar-refractivity contribution in [3.63, 3.8) is 0 Å². The minimum atomic E-state index is -0.732. The standard InChI is InChI=1S/C13H15IN2O6/c1-20-7-6-15-13(19)16-11(17)8-21-12(18)5-3-9-2-4-10(14)22-9/h2-5H,6-8H2,1H3,(H2,15,16,17,19)/b5-3+. The molecule has 9 heteroatoms. The van der Waals surface area contributed by atoms with Gasteiger partial charge in [0.05, 0.1) is 6.61 Å². The van der Waals surface area contributed by atoms with Crippen molar-refractivity contribution >= 4 is 46.6 Å². The molecule has 1 aromatic rings. The van der Waals surface area contributed by atoms with Gasteiger partial charge in [-0.2, -0.15) is 0 Å². The number of carbonyl (C=O) groups excluding carboxylic acids is 3. The van der Waals surface area contributed by atoms with Crippen LogP contribution in [-0.2, 0) is 19.1 Å². The minimum Gasteiger partial charge on any atom is -0.452 e. The van der Waals surface area contributed by atoms with Crippen LogP contribution in [0.25, 0.3) is 6.08 Å². The number of hydrogen-bond acceptors (Lipinski definition) is 6. The summed E-state index contributed by atoms with van der Waals surface area (Å²) in [6.45, 7) is 0.0315. The van der Waals surface area contributed by atoms with Gasteiger partial charge in [0.1, 0.15) is 5.76 Å². The molecule has 0 unspecified atom stereocenters. The van der Waals surface area contributed by atoms with E-state index in [1.54, 1.807) is 12.1 Å². The van der Waals surface area contributed by atoms with Gasteiger partial charge in [0, 0.05) is 19.7 Å². The molecular weight excluding hydrogens is 407 g/mol. The lowest BCUT2D eigenvalue weighted by molar-refractivity contribution is -0.143. The smallest absolute Gasteiger partial charge is 0.331 e. The second-order valence-corrected chi connectivity index (χ2v) is 4.94. The molecular formula is C13H15IN2O6. The molecule has 120 valence electrons. The van der Waals surface area contributed by atoms with Crippen molar-refractivity contribution < 1.29 is 28.3 Å². The normalized spacial score (nSPS) is 10.5. The van der Waals surface area contributed by atoms with Gasteiger partial charge in [-0.3, -0.25) is 10.1 Å². The number of halogens is 1. The van der Waals surface area contributed by atoms with Gasteiger partial charge in [-0.1, -0.05) is 0 Å². The maximum Gasteiger partial charge on any atom is 0.331 e. The van der Waals surface area contributed by atoms with E-state index in [2.05, 4.69) is 10.1 Å². The van der Waals surface area contributed by atoms with Crippen molar-refractivity contribution in [3.05, 3.63) is 27.7 Å². The molecule has 0 aliphatic heterocycles. The van der Waals surface area contributed by atoms with Crippen LogP contribution in [0.2, 0.25) is 0 Å². The largest absolute Gasteiger partial charge is 0.452 e. The molecule has 0 aliphatic carbocycles. The van der Waals surface area contributed by atoms with Crippen LogP contribution in [0, 0.1) is 3.77 Å². The van der Waals surface area contributed by atoms with E-state index in [0.29, 0.717) is 16.1 Å². The van der Waals surface area contributed by atoms with Crippen molar-refractivity contribution in [2.75, 3.05) is 26.9 Å². The van der Waals surface area contributed by atoms with Crippen LogP contribution in [0.4, 0.5) is 4.79 Å².